The van der Waals surface area contributed by atoms with Crippen LogP contribution in [0.4, 0.5) is 0 Å². The van der Waals surface area contributed by atoms with E-state index in [0.29, 0.717) is 19.4 Å². The Morgan fingerprint density at radius 2 is 1.78 bits per heavy atom. The lowest BCUT2D eigenvalue weighted by Crippen LogP contribution is -2.45. The van der Waals surface area contributed by atoms with Gasteiger partial charge in [0.2, 0.25) is 15.9 Å². The average molecular weight is 518 g/mol. The lowest BCUT2D eigenvalue weighted by molar-refractivity contribution is -0.138. The molecule has 2 aliphatic rings. The number of carbonyl (C=O) groups is 2. The zero-order valence-electron chi connectivity index (χ0n) is 21.0. The molecule has 3 heterocycles. The van der Waals surface area contributed by atoms with Crippen molar-refractivity contribution in [3.63, 3.8) is 0 Å². The van der Waals surface area contributed by atoms with Crippen molar-refractivity contribution >= 4 is 21.7 Å². The summed E-state index contributed by atoms with van der Waals surface area (Å²) in [5, 5.41) is 0. The van der Waals surface area contributed by atoms with E-state index in [2.05, 4.69) is 24.9 Å². The third kappa shape index (κ3) is 4.83. The molecule has 3 unspecified atom stereocenters. The zero-order valence-corrected chi connectivity index (χ0v) is 21.8. The normalized spacial score (nSPS) is 20.8. The summed E-state index contributed by atoms with van der Waals surface area (Å²) >= 11 is 0. The van der Waals surface area contributed by atoms with Crippen LogP contribution in [0.2, 0.25) is 0 Å². The van der Waals surface area contributed by atoms with Crippen LogP contribution in [-0.4, -0.2) is 59.5 Å². The summed E-state index contributed by atoms with van der Waals surface area (Å²) in [5.41, 5.74) is 3.02. The van der Waals surface area contributed by atoms with E-state index in [1.807, 2.05) is 48.5 Å². The second-order valence-electron chi connectivity index (χ2n) is 10.2. The minimum Gasteiger partial charge on any atom is -0.330 e. The molecule has 7 nitrogen and oxygen atoms in total. The lowest BCUT2D eigenvalue weighted by atomic mass is 9.87. The number of ketones is 1. The number of pyridine rings is 1. The number of nitrogens with zero attached hydrogens (tertiary/aromatic N) is 3. The number of benzene rings is 2. The van der Waals surface area contributed by atoms with E-state index in [9.17, 15) is 18.0 Å². The molecule has 0 aliphatic carbocycles. The number of amides is 1. The van der Waals surface area contributed by atoms with Crippen molar-refractivity contribution in [3.8, 4) is 11.1 Å². The smallest absolute Gasteiger partial charge is 0.245 e. The first kappa shape index (κ1) is 25.3. The molecule has 192 valence electrons. The number of aromatic nitrogens is 1. The number of rotatable bonds is 7. The summed E-state index contributed by atoms with van der Waals surface area (Å²) in [6.07, 6.45) is 3.87. The van der Waals surface area contributed by atoms with Crippen molar-refractivity contribution in [2.24, 2.45) is 5.92 Å². The molecule has 37 heavy (non-hydrogen) atoms. The van der Waals surface area contributed by atoms with Gasteiger partial charge in [0, 0.05) is 18.9 Å². The fourth-order valence-corrected chi connectivity index (χ4v) is 7.18. The molecule has 1 aromatic heterocycles. The molecule has 0 radical (unpaired) electrons. The fraction of sp³-hybridized carbons (Fsp3) is 0.345. The molecule has 0 saturated carbocycles. The predicted molar refractivity (Wildman–Crippen MR) is 141 cm³/mol. The Morgan fingerprint density at radius 1 is 1.03 bits per heavy atom. The van der Waals surface area contributed by atoms with Crippen LogP contribution in [0.15, 0.2) is 84.0 Å². The van der Waals surface area contributed by atoms with Gasteiger partial charge in [0.05, 0.1) is 18.5 Å². The van der Waals surface area contributed by atoms with Crippen molar-refractivity contribution in [2.75, 3.05) is 13.1 Å². The Bertz CT molecular complexity index is 1390. The van der Waals surface area contributed by atoms with E-state index < -0.39 is 28.0 Å². The first-order valence-electron chi connectivity index (χ1n) is 12.7. The molecule has 2 aliphatic heterocycles. The predicted octanol–water partition coefficient (Wildman–Crippen LogP) is 4.12. The first-order valence-corrected chi connectivity index (χ1v) is 14.1. The third-order valence-corrected chi connectivity index (χ3v) is 9.16. The maximum absolute atomic E-state index is 14.0. The van der Waals surface area contributed by atoms with E-state index in [1.54, 1.807) is 11.0 Å². The van der Waals surface area contributed by atoms with E-state index >= 15 is 0 Å². The van der Waals surface area contributed by atoms with Gasteiger partial charge in [-0.25, -0.2) is 8.42 Å². The van der Waals surface area contributed by atoms with Crippen LogP contribution in [0.1, 0.15) is 38.2 Å². The molecule has 2 fully saturated rings. The van der Waals surface area contributed by atoms with Crippen LogP contribution >= 0.6 is 0 Å². The summed E-state index contributed by atoms with van der Waals surface area (Å²) in [5.74, 6) is -0.501. The third-order valence-electron chi connectivity index (χ3n) is 7.30. The Kier molecular flexibility index (Phi) is 6.96. The summed E-state index contributed by atoms with van der Waals surface area (Å²) in [6, 6.07) is 19.8. The van der Waals surface area contributed by atoms with E-state index in [-0.39, 0.29) is 29.0 Å². The highest BCUT2D eigenvalue weighted by atomic mass is 32.2. The molecule has 5 rings (SSSR count). The number of likely N-dealkylation sites (tertiary alicyclic amines) is 1. The van der Waals surface area contributed by atoms with Gasteiger partial charge in [-0.1, -0.05) is 68.4 Å². The Morgan fingerprint density at radius 3 is 2.49 bits per heavy atom. The number of sulfonamides is 1. The molecule has 0 spiro atoms. The molecule has 2 aromatic carbocycles. The summed E-state index contributed by atoms with van der Waals surface area (Å²) in [6.45, 7) is 4.29. The van der Waals surface area contributed by atoms with Gasteiger partial charge in [0.1, 0.15) is 10.9 Å². The molecule has 8 heteroatoms. The fourth-order valence-electron chi connectivity index (χ4n) is 5.59. The van der Waals surface area contributed by atoms with Gasteiger partial charge in [-0.2, -0.15) is 4.31 Å². The molecule has 1 amide bonds. The number of fused-ring (bicyclic) bond motifs is 1. The van der Waals surface area contributed by atoms with Crippen LogP contribution in [0, 0.1) is 5.92 Å². The zero-order chi connectivity index (χ0) is 26.2. The second-order valence-corrected chi connectivity index (χ2v) is 12.1. The minimum atomic E-state index is -3.89. The Hall–Kier alpha value is -3.36. The summed E-state index contributed by atoms with van der Waals surface area (Å²) in [7, 11) is -3.89. The number of Topliss-reactive ketones (excluding diaryl/α,β-unsaturated/α-hetero) is 1. The van der Waals surface area contributed by atoms with Crippen molar-refractivity contribution in [2.45, 2.75) is 49.6 Å². The average Bonchev–Trinajstić information content (AvgIpc) is 3.49. The van der Waals surface area contributed by atoms with Gasteiger partial charge in [-0.05, 0) is 47.6 Å². The van der Waals surface area contributed by atoms with Crippen molar-refractivity contribution in [1.29, 1.82) is 0 Å². The monoisotopic (exact) mass is 517 g/mol. The Labute approximate surface area is 218 Å². The molecule has 0 bridgehead atoms. The number of hydrogen-bond acceptors (Lipinski definition) is 5. The topological polar surface area (TPSA) is 87.7 Å². The van der Waals surface area contributed by atoms with Crippen molar-refractivity contribution in [3.05, 3.63) is 84.7 Å². The van der Waals surface area contributed by atoms with Gasteiger partial charge in [0.15, 0.2) is 5.78 Å². The van der Waals surface area contributed by atoms with Gasteiger partial charge in [0.25, 0.3) is 0 Å². The molecule has 0 N–H and O–H groups in total. The molecular formula is C29H31N3O4S. The molecule has 3 atom stereocenters. The van der Waals surface area contributed by atoms with E-state index in [1.165, 1.54) is 22.8 Å². The highest BCUT2D eigenvalue weighted by Gasteiger charge is 2.54. The lowest BCUT2D eigenvalue weighted by Gasteiger charge is -2.29. The molecule has 2 saturated heterocycles. The van der Waals surface area contributed by atoms with E-state index in [4.69, 9.17) is 0 Å². The quantitative estimate of drug-likeness (QED) is 0.471. The van der Waals surface area contributed by atoms with Gasteiger partial charge < -0.3 is 4.90 Å². The van der Waals surface area contributed by atoms with Gasteiger partial charge >= 0.3 is 0 Å². The second kappa shape index (κ2) is 10.2. The van der Waals surface area contributed by atoms with Crippen LogP contribution in [-0.2, 0) is 19.6 Å². The number of hydrogen-bond donors (Lipinski definition) is 0. The van der Waals surface area contributed by atoms with Crippen LogP contribution in [0.25, 0.3) is 11.1 Å². The molecular weight excluding hydrogens is 486 g/mol. The molecule has 3 aromatic rings. The maximum Gasteiger partial charge on any atom is 0.245 e. The van der Waals surface area contributed by atoms with Crippen LogP contribution in [0.5, 0.6) is 0 Å². The largest absolute Gasteiger partial charge is 0.330 e. The highest BCUT2D eigenvalue weighted by Crippen LogP contribution is 2.37. The van der Waals surface area contributed by atoms with Gasteiger partial charge in [-0.15, -0.1) is 0 Å². The minimum absolute atomic E-state index is 0.0589. The van der Waals surface area contributed by atoms with Crippen molar-refractivity contribution in [1.82, 2.24) is 14.2 Å². The standard InChI is InChI=1S/C29H31N3O4S/c1-20(2)16-25(23-11-6-10-22(17-23)21-8-4-3-5-9-21)29(34)31-15-13-26-28(31)27(33)19-32(26)37(35,36)24-12-7-14-30-18-24/h3-12,14,17-18,20,25-26,28H,13,15-16,19H2,1-2H3. The number of carbonyl (C=O) groups excluding carboxylic acids is 2. The summed E-state index contributed by atoms with van der Waals surface area (Å²) < 4.78 is 27.9. The summed E-state index contributed by atoms with van der Waals surface area (Å²) in [4.78, 5) is 32.8. The first-order chi connectivity index (χ1) is 17.8. The van der Waals surface area contributed by atoms with Crippen LogP contribution in [0.3, 0.4) is 0 Å². The van der Waals surface area contributed by atoms with Crippen molar-refractivity contribution < 1.29 is 18.0 Å². The van der Waals surface area contributed by atoms with E-state index in [0.717, 1.165) is 16.7 Å². The Balaban J connectivity index is 1.44. The van der Waals surface area contributed by atoms with Gasteiger partial charge in [-0.3, -0.25) is 14.6 Å². The SMILES string of the molecule is CC(C)CC(C(=O)N1CCC2C1C(=O)CN2S(=O)(=O)c1cccnc1)c1cccc(-c2ccccc2)c1. The highest BCUT2D eigenvalue weighted by molar-refractivity contribution is 7.89. The van der Waals surface area contributed by atoms with Crippen LogP contribution < -0.4 is 0 Å². The maximum atomic E-state index is 14.0.